The van der Waals surface area contributed by atoms with Gasteiger partial charge in [0, 0.05) is 12.6 Å². The van der Waals surface area contributed by atoms with Crippen LogP contribution in [0.25, 0.3) is 0 Å². The highest BCUT2D eigenvalue weighted by Gasteiger charge is 2.16. The van der Waals surface area contributed by atoms with Crippen molar-refractivity contribution in [1.29, 1.82) is 0 Å². The zero-order chi connectivity index (χ0) is 11.2. The first-order chi connectivity index (χ1) is 7.84. The summed E-state index contributed by atoms with van der Waals surface area (Å²) in [6.07, 6.45) is 8.11. The summed E-state index contributed by atoms with van der Waals surface area (Å²) in [5.41, 5.74) is 5.99. The summed E-state index contributed by atoms with van der Waals surface area (Å²) >= 11 is 0. The highest BCUT2D eigenvalue weighted by atomic mass is 15.2. The second-order valence-electron chi connectivity index (χ2n) is 5.46. The van der Waals surface area contributed by atoms with Crippen molar-refractivity contribution in [1.82, 2.24) is 9.80 Å². The monoisotopic (exact) mass is 225 g/mol. The van der Waals surface area contributed by atoms with Crippen molar-refractivity contribution >= 4 is 0 Å². The average Bonchev–Trinajstić information content (AvgIpc) is 2.30. The Morgan fingerprint density at radius 1 is 0.875 bits per heavy atom. The van der Waals surface area contributed by atoms with Crippen molar-refractivity contribution in [3.05, 3.63) is 0 Å². The maximum absolute atomic E-state index is 5.99. The first-order valence-corrected chi connectivity index (χ1v) is 7.05. The third-order valence-electron chi connectivity index (χ3n) is 3.94. The Labute approximate surface area is 100.0 Å². The molecule has 94 valence electrons. The Bertz CT molecular complexity index is 190. The molecule has 2 N–H and O–H groups in total. The Morgan fingerprint density at radius 2 is 1.56 bits per heavy atom. The molecule has 0 bridgehead atoms. The predicted octanol–water partition coefficient (Wildman–Crippen LogP) is 1.29. The van der Waals surface area contributed by atoms with E-state index in [1.54, 1.807) is 0 Å². The van der Waals surface area contributed by atoms with Crippen LogP contribution in [0.2, 0.25) is 0 Å². The molecule has 2 aliphatic heterocycles. The zero-order valence-corrected chi connectivity index (χ0v) is 10.5. The van der Waals surface area contributed by atoms with Crippen LogP contribution in [0.4, 0.5) is 0 Å². The third kappa shape index (κ3) is 4.04. The van der Waals surface area contributed by atoms with Crippen molar-refractivity contribution in [3.63, 3.8) is 0 Å². The largest absolute Gasteiger partial charge is 0.327 e. The van der Waals surface area contributed by atoms with E-state index in [4.69, 9.17) is 5.73 Å². The van der Waals surface area contributed by atoms with E-state index in [1.807, 2.05) is 0 Å². The maximum atomic E-state index is 5.99. The molecule has 1 atom stereocenters. The van der Waals surface area contributed by atoms with Crippen molar-refractivity contribution in [3.8, 4) is 0 Å². The van der Waals surface area contributed by atoms with Crippen LogP contribution >= 0.6 is 0 Å². The van der Waals surface area contributed by atoms with Crippen LogP contribution in [-0.2, 0) is 0 Å². The van der Waals surface area contributed by atoms with E-state index < -0.39 is 0 Å². The molecular weight excluding hydrogens is 198 g/mol. The van der Waals surface area contributed by atoms with Crippen molar-refractivity contribution in [2.45, 2.75) is 44.6 Å². The van der Waals surface area contributed by atoms with E-state index in [2.05, 4.69) is 9.80 Å². The highest BCUT2D eigenvalue weighted by molar-refractivity contribution is 4.75. The second-order valence-corrected chi connectivity index (χ2v) is 5.46. The summed E-state index contributed by atoms with van der Waals surface area (Å²) in [5, 5.41) is 0. The molecule has 3 heteroatoms. The van der Waals surface area contributed by atoms with Crippen molar-refractivity contribution in [2.75, 3.05) is 39.3 Å². The fourth-order valence-electron chi connectivity index (χ4n) is 3.00. The minimum Gasteiger partial charge on any atom is -0.327 e. The lowest BCUT2D eigenvalue weighted by Crippen LogP contribution is -2.43. The number of piperidine rings is 2. The molecule has 2 heterocycles. The SMILES string of the molecule is NC1CCCN(CCCN2CCCCC2)C1. The minimum absolute atomic E-state index is 0.434. The summed E-state index contributed by atoms with van der Waals surface area (Å²) in [5.74, 6) is 0. The van der Waals surface area contributed by atoms with Crippen molar-refractivity contribution < 1.29 is 0 Å². The van der Waals surface area contributed by atoms with Crippen LogP contribution in [0, 0.1) is 0 Å². The molecule has 3 nitrogen and oxygen atoms in total. The second kappa shape index (κ2) is 6.58. The van der Waals surface area contributed by atoms with E-state index in [9.17, 15) is 0 Å². The third-order valence-corrected chi connectivity index (χ3v) is 3.94. The van der Waals surface area contributed by atoms with E-state index in [0.29, 0.717) is 6.04 Å². The Hall–Kier alpha value is -0.120. The smallest absolute Gasteiger partial charge is 0.0168 e. The van der Waals surface area contributed by atoms with E-state index in [0.717, 1.165) is 6.54 Å². The van der Waals surface area contributed by atoms with Gasteiger partial charge in [0.15, 0.2) is 0 Å². The number of nitrogens with zero attached hydrogens (tertiary/aromatic N) is 2. The molecule has 2 aliphatic rings. The van der Waals surface area contributed by atoms with Gasteiger partial charge in [-0.25, -0.2) is 0 Å². The van der Waals surface area contributed by atoms with Crippen molar-refractivity contribution in [2.24, 2.45) is 5.73 Å². The minimum atomic E-state index is 0.434. The first-order valence-electron chi connectivity index (χ1n) is 7.05. The summed E-state index contributed by atoms with van der Waals surface area (Å²) in [6, 6.07) is 0.434. The molecule has 0 saturated carbocycles. The fourth-order valence-corrected chi connectivity index (χ4v) is 3.00. The van der Waals surface area contributed by atoms with Gasteiger partial charge in [-0.15, -0.1) is 0 Å². The molecule has 0 radical (unpaired) electrons. The van der Waals surface area contributed by atoms with Crippen LogP contribution in [0.3, 0.4) is 0 Å². The molecule has 0 aromatic carbocycles. The Kier molecular flexibility index (Phi) is 5.07. The molecule has 2 fully saturated rings. The van der Waals surface area contributed by atoms with Gasteiger partial charge in [-0.2, -0.15) is 0 Å². The molecule has 0 aromatic rings. The summed E-state index contributed by atoms with van der Waals surface area (Å²) < 4.78 is 0. The van der Waals surface area contributed by atoms with Crippen LogP contribution in [0.5, 0.6) is 0 Å². The van der Waals surface area contributed by atoms with Crippen LogP contribution in [0.1, 0.15) is 38.5 Å². The van der Waals surface area contributed by atoms with Gasteiger partial charge >= 0.3 is 0 Å². The quantitative estimate of drug-likeness (QED) is 0.782. The standard InChI is InChI=1S/C13H27N3/c14-13-6-4-9-16(12-13)11-5-10-15-7-2-1-3-8-15/h13H,1-12,14H2. The van der Waals surface area contributed by atoms with Gasteiger partial charge < -0.3 is 15.5 Å². The fraction of sp³-hybridized carbons (Fsp3) is 1.00. The normalized spacial score (nSPS) is 29.4. The lowest BCUT2D eigenvalue weighted by atomic mass is 10.1. The van der Waals surface area contributed by atoms with Gasteiger partial charge in [0.2, 0.25) is 0 Å². The molecule has 1 unspecified atom stereocenters. The van der Waals surface area contributed by atoms with E-state index >= 15 is 0 Å². The molecule has 0 amide bonds. The van der Waals surface area contributed by atoms with Crippen LogP contribution in [-0.4, -0.2) is 55.1 Å². The molecular formula is C13H27N3. The van der Waals surface area contributed by atoms with Gasteiger partial charge in [-0.05, 0) is 64.8 Å². The predicted molar refractivity (Wildman–Crippen MR) is 68.6 cm³/mol. The van der Waals surface area contributed by atoms with Gasteiger partial charge in [0.1, 0.15) is 0 Å². The van der Waals surface area contributed by atoms with Gasteiger partial charge in [-0.3, -0.25) is 0 Å². The molecule has 0 aromatic heterocycles. The number of likely N-dealkylation sites (tertiary alicyclic amines) is 2. The lowest BCUT2D eigenvalue weighted by molar-refractivity contribution is 0.179. The molecule has 2 saturated heterocycles. The van der Waals surface area contributed by atoms with Crippen LogP contribution < -0.4 is 5.73 Å². The summed E-state index contributed by atoms with van der Waals surface area (Å²) in [6.45, 7) is 7.61. The molecule has 2 rings (SSSR count). The molecule has 0 aliphatic carbocycles. The van der Waals surface area contributed by atoms with Gasteiger partial charge in [-0.1, -0.05) is 6.42 Å². The number of hydrogen-bond donors (Lipinski definition) is 1. The van der Waals surface area contributed by atoms with Gasteiger partial charge in [0.05, 0.1) is 0 Å². The average molecular weight is 225 g/mol. The van der Waals surface area contributed by atoms with Gasteiger partial charge in [0.25, 0.3) is 0 Å². The highest BCUT2D eigenvalue weighted by Crippen LogP contribution is 2.11. The number of rotatable bonds is 4. The van der Waals surface area contributed by atoms with E-state index in [-0.39, 0.29) is 0 Å². The van der Waals surface area contributed by atoms with E-state index in [1.165, 1.54) is 71.2 Å². The molecule has 16 heavy (non-hydrogen) atoms. The zero-order valence-electron chi connectivity index (χ0n) is 10.5. The molecule has 0 spiro atoms. The van der Waals surface area contributed by atoms with Crippen LogP contribution in [0.15, 0.2) is 0 Å². The maximum Gasteiger partial charge on any atom is 0.0168 e. The lowest BCUT2D eigenvalue weighted by Gasteiger charge is -2.32. The number of nitrogens with two attached hydrogens (primary N) is 1. The Balaban J connectivity index is 1.56. The topological polar surface area (TPSA) is 32.5 Å². The first kappa shape index (κ1) is 12.3. The summed E-state index contributed by atoms with van der Waals surface area (Å²) in [4.78, 5) is 5.19. The summed E-state index contributed by atoms with van der Waals surface area (Å²) in [7, 11) is 0. The number of hydrogen-bond acceptors (Lipinski definition) is 3. The Morgan fingerprint density at radius 3 is 2.31 bits per heavy atom.